The summed E-state index contributed by atoms with van der Waals surface area (Å²) >= 11 is 0. The molecule has 1 unspecified atom stereocenters. The summed E-state index contributed by atoms with van der Waals surface area (Å²) in [5.74, 6) is -0.484. The van der Waals surface area contributed by atoms with Gasteiger partial charge in [0.25, 0.3) is 0 Å². The Kier molecular flexibility index (Phi) is 3.94. The summed E-state index contributed by atoms with van der Waals surface area (Å²) in [6.07, 6.45) is 1.51. The Morgan fingerprint density at radius 2 is 2.00 bits per heavy atom. The van der Waals surface area contributed by atoms with Crippen LogP contribution in [0.15, 0.2) is 24.3 Å². The molecule has 1 atom stereocenters. The molecule has 0 bridgehead atoms. The molecule has 3 N–H and O–H groups in total. The molecule has 1 fully saturated rings. The summed E-state index contributed by atoms with van der Waals surface area (Å²) in [5, 5.41) is 14.2. The molecule has 0 radical (unpaired) electrons. The first-order valence-corrected chi connectivity index (χ1v) is 5.99. The number of aliphatic hydroxyl groups excluding tert-OH is 1. The van der Waals surface area contributed by atoms with Crippen molar-refractivity contribution >= 4 is 17.5 Å². The van der Waals surface area contributed by atoms with Crippen LogP contribution in [0.1, 0.15) is 18.4 Å². The first kappa shape index (κ1) is 12.6. The first-order chi connectivity index (χ1) is 8.69. The zero-order valence-corrected chi connectivity index (χ0v) is 9.98. The number of piperidine rings is 1. The molecule has 0 spiro atoms. The Bertz CT molecular complexity index is 442. The van der Waals surface area contributed by atoms with Gasteiger partial charge < -0.3 is 10.4 Å². The highest BCUT2D eigenvalue weighted by Gasteiger charge is 2.26. The molecule has 2 amide bonds. The van der Waals surface area contributed by atoms with Crippen LogP contribution < -0.4 is 10.6 Å². The second kappa shape index (κ2) is 5.64. The van der Waals surface area contributed by atoms with Crippen molar-refractivity contribution in [3.8, 4) is 0 Å². The average Bonchev–Trinajstić information content (AvgIpc) is 2.35. The minimum Gasteiger partial charge on any atom is -0.396 e. The van der Waals surface area contributed by atoms with Crippen molar-refractivity contribution in [1.29, 1.82) is 0 Å². The van der Waals surface area contributed by atoms with Crippen LogP contribution in [0.4, 0.5) is 5.69 Å². The van der Waals surface area contributed by atoms with Gasteiger partial charge in [-0.15, -0.1) is 0 Å². The SMILES string of the molecule is O=C1CCC(Nc2ccc(CCO)cc2)C(=O)N1. The van der Waals surface area contributed by atoms with Crippen molar-refractivity contribution in [2.24, 2.45) is 0 Å². The van der Waals surface area contributed by atoms with Gasteiger partial charge in [0, 0.05) is 18.7 Å². The summed E-state index contributed by atoms with van der Waals surface area (Å²) in [5.41, 5.74) is 1.89. The van der Waals surface area contributed by atoms with E-state index in [0.29, 0.717) is 19.3 Å². The molecule has 1 aliphatic rings. The number of nitrogens with one attached hydrogen (secondary N) is 2. The van der Waals surface area contributed by atoms with Gasteiger partial charge in [0.05, 0.1) is 0 Å². The minimum absolute atomic E-state index is 0.125. The molecule has 0 aromatic heterocycles. The fourth-order valence-electron chi connectivity index (χ4n) is 1.93. The van der Waals surface area contributed by atoms with Crippen LogP contribution >= 0.6 is 0 Å². The third-order valence-corrected chi connectivity index (χ3v) is 2.93. The van der Waals surface area contributed by atoms with Gasteiger partial charge in [-0.25, -0.2) is 0 Å². The molecule has 0 aliphatic carbocycles. The third-order valence-electron chi connectivity index (χ3n) is 2.93. The molecule has 0 saturated carbocycles. The van der Waals surface area contributed by atoms with Gasteiger partial charge in [-0.1, -0.05) is 12.1 Å². The van der Waals surface area contributed by atoms with Gasteiger partial charge in [-0.05, 0) is 30.5 Å². The van der Waals surface area contributed by atoms with E-state index in [-0.39, 0.29) is 24.5 Å². The average molecular weight is 248 g/mol. The second-order valence-electron chi connectivity index (χ2n) is 4.32. The standard InChI is InChI=1S/C13H16N2O3/c16-8-7-9-1-3-10(4-2-9)14-11-5-6-12(17)15-13(11)18/h1-4,11,14,16H,5-8H2,(H,15,17,18). The maximum Gasteiger partial charge on any atom is 0.249 e. The smallest absolute Gasteiger partial charge is 0.249 e. The summed E-state index contributed by atoms with van der Waals surface area (Å²) < 4.78 is 0. The number of hydrogen-bond donors (Lipinski definition) is 3. The molecule has 1 saturated heterocycles. The van der Waals surface area contributed by atoms with Crippen LogP contribution in [0.2, 0.25) is 0 Å². The number of rotatable bonds is 4. The molecule has 18 heavy (non-hydrogen) atoms. The monoisotopic (exact) mass is 248 g/mol. The maximum atomic E-state index is 11.6. The maximum absolute atomic E-state index is 11.6. The number of amides is 2. The molecule has 96 valence electrons. The van der Waals surface area contributed by atoms with E-state index in [2.05, 4.69) is 10.6 Å². The predicted octanol–water partition coefficient (Wildman–Crippen LogP) is 0.438. The van der Waals surface area contributed by atoms with Crippen LogP contribution in [0.5, 0.6) is 0 Å². The van der Waals surface area contributed by atoms with Gasteiger partial charge in [0.15, 0.2) is 0 Å². The Hall–Kier alpha value is -1.88. The lowest BCUT2D eigenvalue weighted by atomic mass is 10.1. The van der Waals surface area contributed by atoms with Gasteiger partial charge in [0.1, 0.15) is 6.04 Å². The predicted molar refractivity (Wildman–Crippen MR) is 67.0 cm³/mol. The van der Waals surface area contributed by atoms with Gasteiger partial charge in [-0.3, -0.25) is 14.9 Å². The van der Waals surface area contributed by atoms with Crippen LogP contribution in [0.25, 0.3) is 0 Å². The van der Waals surface area contributed by atoms with Gasteiger partial charge in [-0.2, -0.15) is 0 Å². The van der Waals surface area contributed by atoms with Crippen LogP contribution in [-0.2, 0) is 16.0 Å². The van der Waals surface area contributed by atoms with Crippen molar-refractivity contribution in [2.75, 3.05) is 11.9 Å². The van der Waals surface area contributed by atoms with E-state index in [1.165, 1.54) is 0 Å². The molecule has 1 aromatic carbocycles. The molecule has 1 aliphatic heterocycles. The van der Waals surface area contributed by atoms with Crippen LogP contribution in [0.3, 0.4) is 0 Å². The summed E-state index contributed by atoms with van der Waals surface area (Å²) in [4.78, 5) is 22.6. The van der Waals surface area contributed by atoms with E-state index in [1.54, 1.807) is 0 Å². The number of imide groups is 1. The van der Waals surface area contributed by atoms with E-state index in [9.17, 15) is 9.59 Å². The fourth-order valence-corrected chi connectivity index (χ4v) is 1.93. The third kappa shape index (κ3) is 3.07. The Labute approximate surface area is 105 Å². The highest BCUT2D eigenvalue weighted by molar-refractivity contribution is 6.01. The highest BCUT2D eigenvalue weighted by atomic mass is 16.3. The Morgan fingerprint density at radius 1 is 1.28 bits per heavy atom. The normalized spacial score (nSPS) is 19.5. The van der Waals surface area contributed by atoms with E-state index < -0.39 is 0 Å². The number of benzene rings is 1. The molecule has 5 nitrogen and oxygen atoms in total. The highest BCUT2D eigenvalue weighted by Crippen LogP contribution is 2.15. The zero-order valence-electron chi connectivity index (χ0n) is 9.98. The lowest BCUT2D eigenvalue weighted by Gasteiger charge is -2.22. The molecule has 2 rings (SSSR count). The van der Waals surface area contributed by atoms with Crippen molar-refractivity contribution in [3.63, 3.8) is 0 Å². The van der Waals surface area contributed by atoms with Gasteiger partial charge in [0.2, 0.25) is 11.8 Å². The topological polar surface area (TPSA) is 78.4 Å². The zero-order chi connectivity index (χ0) is 13.0. The Morgan fingerprint density at radius 3 is 2.61 bits per heavy atom. The lowest BCUT2D eigenvalue weighted by Crippen LogP contribution is -2.47. The second-order valence-corrected chi connectivity index (χ2v) is 4.32. The molecular formula is C13H16N2O3. The van der Waals surface area contributed by atoms with Crippen molar-refractivity contribution in [3.05, 3.63) is 29.8 Å². The molecule has 1 aromatic rings. The van der Waals surface area contributed by atoms with E-state index in [0.717, 1.165) is 11.3 Å². The molecule has 1 heterocycles. The summed E-state index contributed by atoms with van der Waals surface area (Å²) in [6, 6.07) is 7.20. The van der Waals surface area contributed by atoms with Crippen LogP contribution in [-0.4, -0.2) is 29.6 Å². The van der Waals surface area contributed by atoms with E-state index in [1.807, 2.05) is 24.3 Å². The van der Waals surface area contributed by atoms with Crippen molar-refractivity contribution < 1.29 is 14.7 Å². The Balaban J connectivity index is 1.96. The quantitative estimate of drug-likeness (QED) is 0.676. The largest absolute Gasteiger partial charge is 0.396 e. The van der Waals surface area contributed by atoms with Crippen molar-refractivity contribution in [1.82, 2.24) is 5.32 Å². The van der Waals surface area contributed by atoms with Gasteiger partial charge >= 0.3 is 0 Å². The number of carbonyl (C=O) groups is 2. The number of aliphatic hydroxyl groups is 1. The summed E-state index contributed by atoms with van der Waals surface area (Å²) in [6.45, 7) is 0.125. The molecule has 5 heteroatoms. The lowest BCUT2D eigenvalue weighted by molar-refractivity contribution is -0.133. The van der Waals surface area contributed by atoms with E-state index in [4.69, 9.17) is 5.11 Å². The number of hydrogen-bond acceptors (Lipinski definition) is 4. The van der Waals surface area contributed by atoms with E-state index >= 15 is 0 Å². The minimum atomic E-state index is -0.355. The molecular weight excluding hydrogens is 232 g/mol. The first-order valence-electron chi connectivity index (χ1n) is 5.99. The summed E-state index contributed by atoms with van der Waals surface area (Å²) in [7, 11) is 0. The fraction of sp³-hybridized carbons (Fsp3) is 0.385. The van der Waals surface area contributed by atoms with Crippen molar-refractivity contribution in [2.45, 2.75) is 25.3 Å². The number of carbonyl (C=O) groups excluding carboxylic acids is 2. The van der Waals surface area contributed by atoms with Crippen LogP contribution in [0, 0.1) is 0 Å². The number of anilines is 1.